The second-order valence-electron chi connectivity index (χ2n) is 3.85. The van der Waals surface area contributed by atoms with Crippen LogP contribution in [-0.4, -0.2) is 18.2 Å². The van der Waals surface area contributed by atoms with Crippen LogP contribution < -0.4 is 0 Å². The van der Waals surface area contributed by atoms with Crippen LogP contribution in [0.25, 0.3) is 11.1 Å². The van der Waals surface area contributed by atoms with Gasteiger partial charge in [-0.1, -0.05) is 11.6 Å². The number of phenolic OH excluding ortho intramolecular Hbond substituents is 1. The number of methoxy groups -OCH3 is 1. The first-order valence-electron chi connectivity index (χ1n) is 5.39. The number of hydrogen-bond acceptors (Lipinski definition) is 3. The Morgan fingerprint density at radius 2 is 1.89 bits per heavy atom. The van der Waals surface area contributed by atoms with Gasteiger partial charge in [-0.15, -0.1) is 0 Å². The molecule has 0 aliphatic heterocycles. The molecule has 0 saturated heterocycles. The molecule has 0 aliphatic rings. The zero-order chi connectivity index (χ0) is 14.0. The van der Waals surface area contributed by atoms with Gasteiger partial charge >= 0.3 is 5.97 Å². The third-order valence-electron chi connectivity index (χ3n) is 2.64. The molecule has 1 N–H and O–H groups in total. The quantitative estimate of drug-likeness (QED) is 0.854. The standard InChI is InChI=1S/C14H10ClFO3/c1-19-14(18)8-2-4-11(13(17)6-8)10-5-3-9(15)7-12(10)16/h2-7,17H,1H3. The maximum absolute atomic E-state index is 13.8. The molecule has 0 bridgehead atoms. The predicted octanol–water partition coefficient (Wildman–Crippen LogP) is 3.64. The number of benzene rings is 2. The molecule has 3 nitrogen and oxygen atoms in total. The molecule has 0 radical (unpaired) electrons. The molecule has 2 rings (SSSR count). The van der Waals surface area contributed by atoms with Crippen LogP contribution in [0.5, 0.6) is 5.75 Å². The minimum absolute atomic E-state index is 0.193. The largest absolute Gasteiger partial charge is 0.507 e. The van der Waals surface area contributed by atoms with Crippen LogP contribution in [0, 0.1) is 5.82 Å². The van der Waals surface area contributed by atoms with Crippen molar-refractivity contribution in [2.75, 3.05) is 7.11 Å². The molecular formula is C14H10ClFO3. The Kier molecular flexibility index (Phi) is 3.71. The predicted molar refractivity (Wildman–Crippen MR) is 69.9 cm³/mol. The van der Waals surface area contributed by atoms with E-state index in [9.17, 15) is 14.3 Å². The number of aromatic hydroxyl groups is 1. The highest BCUT2D eigenvalue weighted by Gasteiger charge is 2.13. The van der Waals surface area contributed by atoms with Crippen LogP contribution in [0.1, 0.15) is 10.4 Å². The Labute approximate surface area is 114 Å². The van der Waals surface area contributed by atoms with Crippen LogP contribution >= 0.6 is 11.6 Å². The maximum Gasteiger partial charge on any atom is 0.337 e. The van der Waals surface area contributed by atoms with E-state index in [1.165, 1.54) is 37.4 Å². The molecule has 2 aromatic carbocycles. The lowest BCUT2D eigenvalue weighted by atomic mass is 10.0. The SMILES string of the molecule is COC(=O)c1ccc(-c2ccc(Cl)cc2F)c(O)c1. The molecule has 0 amide bonds. The molecule has 0 heterocycles. The Balaban J connectivity index is 2.49. The van der Waals surface area contributed by atoms with Crippen LogP contribution in [0.4, 0.5) is 4.39 Å². The number of esters is 1. The van der Waals surface area contributed by atoms with E-state index < -0.39 is 11.8 Å². The van der Waals surface area contributed by atoms with Crippen LogP contribution in [0.2, 0.25) is 5.02 Å². The van der Waals surface area contributed by atoms with Gasteiger partial charge in [0.05, 0.1) is 12.7 Å². The molecule has 0 unspecified atom stereocenters. The summed E-state index contributed by atoms with van der Waals surface area (Å²) in [6, 6.07) is 8.28. The zero-order valence-corrected chi connectivity index (χ0v) is 10.7. The second kappa shape index (κ2) is 5.28. The normalized spacial score (nSPS) is 10.3. The van der Waals surface area contributed by atoms with Gasteiger partial charge in [0.2, 0.25) is 0 Å². The number of carbonyl (C=O) groups is 1. The molecule has 0 fully saturated rings. The van der Waals surface area contributed by atoms with Gasteiger partial charge in [-0.2, -0.15) is 0 Å². The van der Waals surface area contributed by atoms with Crippen molar-refractivity contribution in [2.45, 2.75) is 0 Å². The van der Waals surface area contributed by atoms with E-state index in [1.54, 1.807) is 0 Å². The van der Waals surface area contributed by atoms with E-state index in [4.69, 9.17) is 11.6 Å². The number of hydrogen-bond donors (Lipinski definition) is 1. The number of rotatable bonds is 2. The molecule has 0 aliphatic carbocycles. The Hall–Kier alpha value is -2.07. The fourth-order valence-electron chi connectivity index (χ4n) is 1.71. The first-order chi connectivity index (χ1) is 9.02. The third kappa shape index (κ3) is 2.69. The summed E-state index contributed by atoms with van der Waals surface area (Å²) in [6.45, 7) is 0. The van der Waals surface area contributed by atoms with Gasteiger partial charge in [0.25, 0.3) is 0 Å². The van der Waals surface area contributed by atoms with E-state index in [-0.39, 0.29) is 27.5 Å². The molecule has 2 aromatic rings. The van der Waals surface area contributed by atoms with Crippen molar-refractivity contribution in [3.63, 3.8) is 0 Å². The third-order valence-corrected chi connectivity index (χ3v) is 2.88. The van der Waals surface area contributed by atoms with Crippen molar-refractivity contribution in [3.05, 3.63) is 52.8 Å². The van der Waals surface area contributed by atoms with E-state index in [0.717, 1.165) is 6.07 Å². The van der Waals surface area contributed by atoms with E-state index in [0.29, 0.717) is 0 Å². The van der Waals surface area contributed by atoms with Gasteiger partial charge in [0.15, 0.2) is 0 Å². The Morgan fingerprint density at radius 3 is 2.47 bits per heavy atom. The van der Waals surface area contributed by atoms with Gasteiger partial charge in [-0.05, 0) is 36.4 Å². The van der Waals surface area contributed by atoms with Gasteiger partial charge in [0.1, 0.15) is 11.6 Å². The van der Waals surface area contributed by atoms with E-state index >= 15 is 0 Å². The zero-order valence-electron chi connectivity index (χ0n) is 9.98. The summed E-state index contributed by atoms with van der Waals surface area (Å²) in [5.41, 5.74) is 0.679. The van der Waals surface area contributed by atoms with Crippen molar-refractivity contribution < 1.29 is 19.0 Å². The summed E-state index contributed by atoms with van der Waals surface area (Å²) >= 11 is 5.67. The Morgan fingerprint density at radius 1 is 1.21 bits per heavy atom. The summed E-state index contributed by atoms with van der Waals surface area (Å²) in [5, 5.41) is 10.1. The lowest BCUT2D eigenvalue weighted by Crippen LogP contribution is -2.00. The molecule has 98 valence electrons. The van der Waals surface area contributed by atoms with Gasteiger partial charge in [-0.25, -0.2) is 9.18 Å². The highest BCUT2D eigenvalue weighted by molar-refractivity contribution is 6.30. The number of ether oxygens (including phenoxy) is 1. The van der Waals surface area contributed by atoms with Gasteiger partial charge in [0, 0.05) is 16.1 Å². The van der Waals surface area contributed by atoms with E-state index in [2.05, 4.69) is 4.74 Å². The van der Waals surface area contributed by atoms with Crippen LogP contribution in [-0.2, 0) is 4.74 Å². The lowest BCUT2D eigenvalue weighted by Gasteiger charge is -2.08. The van der Waals surface area contributed by atoms with Crippen molar-refractivity contribution >= 4 is 17.6 Å². The summed E-state index contributed by atoms with van der Waals surface area (Å²) in [5.74, 6) is -1.32. The van der Waals surface area contributed by atoms with E-state index in [1.807, 2.05) is 0 Å². The molecule has 0 saturated carbocycles. The highest BCUT2D eigenvalue weighted by Crippen LogP contribution is 2.33. The highest BCUT2D eigenvalue weighted by atomic mass is 35.5. The fourth-order valence-corrected chi connectivity index (χ4v) is 1.87. The minimum atomic E-state index is -0.571. The summed E-state index contributed by atoms with van der Waals surface area (Å²) in [6.07, 6.45) is 0. The van der Waals surface area contributed by atoms with Crippen molar-refractivity contribution in [2.24, 2.45) is 0 Å². The summed E-state index contributed by atoms with van der Waals surface area (Å²) in [7, 11) is 1.24. The van der Waals surface area contributed by atoms with Gasteiger partial charge < -0.3 is 9.84 Å². The van der Waals surface area contributed by atoms with Gasteiger partial charge in [-0.3, -0.25) is 0 Å². The topological polar surface area (TPSA) is 46.5 Å². The fraction of sp³-hybridized carbons (Fsp3) is 0.0714. The van der Waals surface area contributed by atoms with Crippen molar-refractivity contribution in [3.8, 4) is 16.9 Å². The molecule has 19 heavy (non-hydrogen) atoms. The number of phenols is 1. The molecule has 0 atom stereocenters. The molecular weight excluding hydrogens is 271 g/mol. The minimum Gasteiger partial charge on any atom is -0.507 e. The first kappa shape index (κ1) is 13.4. The lowest BCUT2D eigenvalue weighted by molar-refractivity contribution is 0.0600. The Bertz CT molecular complexity index is 641. The number of carbonyl (C=O) groups excluding carboxylic acids is 1. The van der Waals surface area contributed by atoms with Crippen LogP contribution in [0.15, 0.2) is 36.4 Å². The maximum atomic E-state index is 13.8. The summed E-state index contributed by atoms with van der Waals surface area (Å²) < 4.78 is 18.3. The van der Waals surface area contributed by atoms with Crippen molar-refractivity contribution in [1.29, 1.82) is 0 Å². The second-order valence-corrected chi connectivity index (χ2v) is 4.28. The summed E-state index contributed by atoms with van der Waals surface area (Å²) in [4.78, 5) is 11.3. The molecule has 0 spiro atoms. The molecule has 0 aromatic heterocycles. The monoisotopic (exact) mass is 280 g/mol. The smallest absolute Gasteiger partial charge is 0.337 e. The van der Waals surface area contributed by atoms with Crippen molar-refractivity contribution in [1.82, 2.24) is 0 Å². The average Bonchev–Trinajstić information content (AvgIpc) is 2.38. The number of halogens is 2. The first-order valence-corrected chi connectivity index (χ1v) is 5.77. The van der Waals surface area contributed by atoms with Crippen LogP contribution in [0.3, 0.4) is 0 Å². The average molecular weight is 281 g/mol. The molecule has 5 heteroatoms.